The number of esters is 1. The number of ether oxygens (including phenoxy) is 1. The molecular formula is C6H13NO2Se2. The van der Waals surface area contributed by atoms with E-state index < -0.39 is 6.04 Å². The molecule has 1 atom stereocenters. The zero-order valence-electron chi connectivity index (χ0n) is 6.45. The monoisotopic (exact) mass is 291 g/mol. The Morgan fingerprint density at radius 3 is 2.91 bits per heavy atom. The zero-order valence-corrected chi connectivity index (χ0v) is 10.0. The first-order chi connectivity index (χ1) is 5.22. The number of hydrogen-bond donors (Lipinski definition) is 1. The SMILES string of the molecule is C[Se]CC[C@H](N)C(=O)OC[SeH]. The molecule has 0 aliphatic carbocycles. The molecule has 0 fully saturated rings. The number of hydrogen-bond acceptors (Lipinski definition) is 3. The predicted molar refractivity (Wildman–Crippen MR) is 47.1 cm³/mol. The minimum absolute atomic E-state index is 0.283. The second-order valence-electron chi connectivity index (χ2n) is 1.98. The van der Waals surface area contributed by atoms with Crippen molar-refractivity contribution < 1.29 is 9.53 Å². The van der Waals surface area contributed by atoms with Crippen molar-refractivity contribution in [1.29, 1.82) is 0 Å². The molecule has 0 radical (unpaired) electrons. The third-order valence-electron chi connectivity index (χ3n) is 1.14. The molecule has 2 N–H and O–H groups in total. The Kier molecular flexibility index (Phi) is 7.44. The second-order valence-corrected chi connectivity index (χ2v) is 4.59. The fourth-order valence-electron chi connectivity index (χ4n) is 0.533. The van der Waals surface area contributed by atoms with E-state index in [2.05, 4.69) is 21.8 Å². The molecule has 0 aromatic rings. The van der Waals surface area contributed by atoms with Gasteiger partial charge in [-0.15, -0.1) is 0 Å². The average molecular weight is 289 g/mol. The van der Waals surface area contributed by atoms with Gasteiger partial charge in [-0.3, -0.25) is 0 Å². The molecule has 0 heterocycles. The van der Waals surface area contributed by atoms with Gasteiger partial charge in [0.25, 0.3) is 0 Å². The summed E-state index contributed by atoms with van der Waals surface area (Å²) >= 11 is 2.79. The van der Waals surface area contributed by atoms with Crippen LogP contribution in [0.3, 0.4) is 0 Å². The van der Waals surface area contributed by atoms with Crippen LogP contribution in [0.25, 0.3) is 0 Å². The summed E-state index contributed by atoms with van der Waals surface area (Å²) in [6.07, 6.45) is 0.752. The molecule has 0 aromatic carbocycles. The molecule has 0 unspecified atom stereocenters. The van der Waals surface area contributed by atoms with Crippen LogP contribution in [-0.4, -0.2) is 48.5 Å². The van der Waals surface area contributed by atoms with Crippen LogP contribution in [0.15, 0.2) is 0 Å². The molecule has 0 bridgehead atoms. The van der Waals surface area contributed by atoms with Crippen LogP contribution >= 0.6 is 0 Å². The summed E-state index contributed by atoms with van der Waals surface area (Å²) in [5, 5.41) is 1.04. The topological polar surface area (TPSA) is 52.3 Å². The fourth-order valence-corrected chi connectivity index (χ4v) is 1.83. The summed E-state index contributed by atoms with van der Waals surface area (Å²) in [5.74, 6) is 1.84. The molecule has 66 valence electrons. The van der Waals surface area contributed by atoms with Gasteiger partial charge in [0.2, 0.25) is 0 Å². The van der Waals surface area contributed by atoms with Crippen molar-refractivity contribution in [2.24, 2.45) is 5.73 Å². The van der Waals surface area contributed by atoms with Crippen molar-refractivity contribution in [1.82, 2.24) is 0 Å². The van der Waals surface area contributed by atoms with E-state index in [1.54, 1.807) is 0 Å². The van der Waals surface area contributed by atoms with Crippen LogP contribution in [0.4, 0.5) is 0 Å². The van der Waals surface area contributed by atoms with Gasteiger partial charge in [0.05, 0.1) is 0 Å². The van der Waals surface area contributed by atoms with E-state index in [9.17, 15) is 4.79 Å². The van der Waals surface area contributed by atoms with Gasteiger partial charge in [0, 0.05) is 0 Å². The first-order valence-corrected chi connectivity index (χ1v) is 7.49. The molecule has 5 heteroatoms. The Hall–Kier alpha value is 0.469. The molecule has 0 saturated carbocycles. The van der Waals surface area contributed by atoms with E-state index in [1.807, 2.05) is 0 Å². The van der Waals surface area contributed by atoms with E-state index in [0.717, 1.165) is 11.7 Å². The van der Waals surface area contributed by atoms with Gasteiger partial charge in [0.15, 0.2) is 0 Å². The van der Waals surface area contributed by atoms with Crippen molar-refractivity contribution >= 4 is 36.9 Å². The van der Waals surface area contributed by atoms with Crippen LogP contribution in [0, 0.1) is 0 Å². The van der Waals surface area contributed by atoms with Crippen LogP contribution in [-0.2, 0) is 9.53 Å². The zero-order chi connectivity index (χ0) is 8.69. The van der Waals surface area contributed by atoms with Crippen LogP contribution < -0.4 is 5.73 Å². The number of carbonyl (C=O) groups excluding carboxylic acids is 1. The summed E-state index contributed by atoms with van der Waals surface area (Å²) in [6.45, 7) is 0. The Morgan fingerprint density at radius 1 is 1.82 bits per heavy atom. The summed E-state index contributed by atoms with van der Waals surface area (Å²) in [7, 11) is 0. The summed E-state index contributed by atoms with van der Waals surface area (Å²) in [5.41, 5.74) is 5.88. The van der Waals surface area contributed by atoms with E-state index in [4.69, 9.17) is 10.5 Å². The van der Waals surface area contributed by atoms with Crippen molar-refractivity contribution in [2.75, 3.05) is 5.51 Å². The van der Waals surface area contributed by atoms with Gasteiger partial charge in [-0.1, -0.05) is 0 Å². The molecule has 0 aromatic heterocycles. The van der Waals surface area contributed by atoms with Crippen molar-refractivity contribution in [3.63, 3.8) is 0 Å². The molecule has 0 aliphatic rings. The molecule has 0 aliphatic heterocycles. The van der Waals surface area contributed by atoms with Gasteiger partial charge < -0.3 is 0 Å². The van der Waals surface area contributed by atoms with Gasteiger partial charge in [-0.05, 0) is 0 Å². The Labute approximate surface area is 81.4 Å². The average Bonchev–Trinajstić information content (AvgIpc) is 2.00. The minimum atomic E-state index is -0.416. The third kappa shape index (κ3) is 5.71. The molecule has 11 heavy (non-hydrogen) atoms. The summed E-state index contributed by atoms with van der Waals surface area (Å²) in [4.78, 5) is 10.9. The maximum atomic E-state index is 10.9. The third-order valence-corrected chi connectivity index (χ3v) is 2.76. The molecule has 0 saturated heterocycles. The van der Waals surface area contributed by atoms with Crippen LogP contribution in [0.1, 0.15) is 6.42 Å². The van der Waals surface area contributed by atoms with Gasteiger partial charge >= 0.3 is 81.3 Å². The Balaban J connectivity index is 3.46. The Bertz CT molecular complexity index is 121. The summed E-state index contributed by atoms with van der Waals surface area (Å²) < 4.78 is 4.72. The van der Waals surface area contributed by atoms with Crippen molar-refractivity contribution in [3.8, 4) is 0 Å². The standard InChI is InChI=1S/C6H13NO2Se2/c1-11-3-2-5(7)6(8)9-4-10/h5,10H,2-4,7H2,1H3/t5-/m0/s1. The van der Waals surface area contributed by atoms with E-state index in [-0.39, 0.29) is 5.97 Å². The van der Waals surface area contributed by atoms with Gasteiger partial charge in [0.1, 0.15) is 0 Å². The first kappa shape index (κ1) is 11.5. The quantitative estimate of drug-likeness (QED) is 0.536. The molecule has 0 amide bonds. The molecule has 3 nitrogen and oxygen atoms in total. The fraction of sp³-hybridized carbons (Fsp3) is 0.833. The normalized spacial score (nSPS) is 12.6. The maximum absolute atomic E-state index is 10.9. The van der Waals surface area contributed by atoms with E-state index >= 15 is 0 Å². The Morgan fingerprint density at radius 2 is 2.45 bits per heavy atom. The number of carbonyl (C=O) groups is 1. The second kappa shape index (κ2) is 7.14. The molecule has 0 spiro atoms. The molecular weight excluding hydrogens is 276 g/mol. The van der Waals surface area contributed by atoms with Gasteiger partial charge in [-0.25, -0.2) is 0 Å². The predicted octanol–water partition coefficient (Wildman–Crippen LogP) is -0.724. The van der Waals surface area contributed by atoms with E-state index in [0.29, 0.717) is 20.5 Å². The van der Waals surface area contributed by atoms with Crippen molar-refractivity contribution in [2.45, 2.75) is 23.6 Å². The van der Waals surface area contributed by atoms with Crippen molar-refractivity contribution in [3.05, 3.63) is 0 Å². The first-order valence-electron chi connectivity index (χ1n) is 3.24. The van der Waals surface area contributed by atoms with Crippen LogP contribution in [0.2, 0.25) is 11.1 Å². The van der Waals surface area contributed by atoms with Gasteiger partial charge in [-0.2, -0.15) is 0 Å². The number of rotatable bonds is 5. The van der Waals surface area contributed by atoms with E-state index in [1.165, 1.54) is 0 Å². The summed E-state index contributed by atoms with van der Waals surface area (Å²) in [6, 6.07) is -0.416. The molecule has 0 rings (SSSR count). The number of nitrogens with two attached hydrogens (primary N) is 1. The van der Waals surface area contributed by atoms with Crippen LogP contribution in [0.5, 0.6) is 0 Å².